The maximum absolute atomic E-state index is 12.5. The van der Waals surface area contributed by atoms with Gasteiger partial charge in [0.05, 0.1) is 12.6 Å². The van der Waals surface area contributed by atoms with Crippen LogP contribution in [0.3, 0.4) is 0 Å². The Labute approximate surface area is 138 Å². The van der Waals surface area contributed by atoms with Crippen LogP contribution < -0.4 is 5.32 Å². The summed E-state index contributed by atoms with van der Waals surface area (Å²) in [5, 5.41) is 5.41. The lowest BCUT2D eigenvalue weighted by molar-refractivity contribution is -0.135. The number of nitrogens with zero attached hydrogens (tertiary/aromatic N) is 3. The fraction of sp³-hybridized carbons (Fsp3) is 0.600. The number of thiazole rings is 1. The fourth-order valence-electron chi connectivity index (χ4n) is 3.10. The smallest absolute Gasteiger partial charge is 0.324 e. The molecule has 0 aliphatic carbocycles. The van der Waals surface area contributed by atoms with E-state index in [9.17, 15) is 14.4 Å². The summed E-state index contributed by atoms with van der Waals surface area (Å²) in [5.74, 6) is -0.141. The van der Waals surface area contributed by atoms with Crippen molar-refractivity contribution in [3.8, 4) is 0 Å². The third-order valence-electron chi connectivity index (χ3n) is 4.27. The SMILES string of the molecule is O=C1CNC(=O)N1CCCC(=O)N1CCCCC1c1nccs1. The quantitative estimate of drug-likeness (QED) is 0.827. The summed E-state index contributed by atoms with van der Waals surface area (Å²) in [6.07, 6.45) is 5.69. The maximum Gasteiger partial charge on any atom is 0.324 e. The van der Waals surface area contributed by atoms with Gasteiger partial charge in [0, 0.05) is 31.1 Å². The van der Waals surface area contributed by atoms with Crippen LogP contribution in [0, 0.1) is 0 Å². The number of imide groups is 1. The molecule has 1 unspecified atom stereocenters. The van der Waals surface area contributed by atoms with Crippen LogP contribution in [0.4, 0.5) is 4.79 Å². The first-order valence-electron chi connectivity index (χ1n) is 7.94. The van der Waals surface area contributed by atoms with E-state index in [1.165, 1.54) is 4.90 Å². The monoisotopic (exact) mass is 336 g/mol. The van der Waals surface area contributed by atoms with E-state index in [2.05, 4.69) is 10.3 Å². The first-order chi connectivity index (χ1) is 11.2. The molecular formula is C15H20N4O3S. The second-order valence-electron chi connectivity index (χ2n) is 5.78. The molecule has 1 N–H and O–H groups in total. The van der Waals surface area contributed by atoms with Crippen LogP contribution in [0.1, 0.15) is 43.2 Å². The van der Waals surface area contributed by atoms with Gasteiger partial charge in [0.15, 0.2) is 0 Å². The topological polar surface area (TPSA) is 82.6 Å². The second-order valence-corrected chi connectivity index (χ2v) is 6.70. The van der Waals surface area contributed by atoms with Crippen LogP contribution >= 0.6 is 11.3 Å². The lowest BCUT2D eigenvalue weighted by Gasteiger charge is -2.34. The zero-order valence-electron chi connectivity index (χ0n) is 12.9. The van der Waals surface area contributed by atoms with Gasteiger partial charge in [0.2, 0.25) is 11.8 Å². The van der Waals surface area contributed by atoms with Crippen molar-refractivity contribution in [2.24, 2.45) is 0 Å². The molecule has 2 fully saturated rings. The average Bonchev–Trinajstić information content (AvgIpc) is 3.20. The summed E-state index contributed by atoms with van der Waals surface area (Å²) in [5.41, 5.74) is 0. The zero-order chi connectivity index (χ0) is 16.2. The largest absolute Gasteiger partial charge is 0.333 e. The van der Waals surface area contributed by atoms with E-state index >= 15 is 0 Å². The first kappa shape index (κ1) is 15.9. The highest BCUT2D eigenvalue weighted by molar-refractivity contribution is 7.09. The normalized spacial score (nSPS) is 21.7. The molecule has 8 heteroatoms. The minimum atomic E-state index is -0.360. The Morgan fingerprint density at radius 2 is 2.26 bits per heavy atom. The summed E-state index contributed by atoms with van der Waals surface area (Å²) < 4.78 is 0. The number of aromatic nitrogens is 1. The Balaban J connectivity index is 1.54. The van der Waals surface area contributed by atoms with Gasteiger partial charge in [-0.05, 0) is 25.7 Å². The maximum atomic E-state index is 12.5. The van der Waals surface area contributed by atoms with Gasteiger partial charge in [-0.1, -0.05) is 0 Å². The molecule has 0 bridgehead atoms. The number of likely N-dealkylation sites (tertiary alicyclic amines) is 1. The van der Waals surface area contributed by atoms with Crippen molar-refractivity contribution in [3.63, 3.8) is 0 Å². The number of amides is 4. The molecule has 1 atom stereocenters. The van der Waals surface area contributed by atoms with Crippen molar-refractivity contribution in [1.82, 2.24) is 20.1 Å². The number of urea groups is 1. The Kier molecular flexibility index (Phi) is 4.90. The third-order valence-corrected chi connectivity index (χ3v) is 5.15. The third kappa shape index (κ3) is 3.52. The van der Waals surface area contributed by atoms with E-state index in [1.807, 2.05) is 10.3 Å². The van der Waals surface area contributed by atoms with E-state index in [0.29, 0.717) is 19.4 Å². The summed E-state index contributed by atoms with van der Waals surface area (Å²) in [4.78, 5) is 43.0. The molecule has 124 valence electrons. The fourth-order valence-corrected chi connectivity index (χ4v) is 3.88. The Morgan fingerprint density at radius 3 is 2.96 bits per heavy atom. The predicted octanol–water partition coefficient (Wildman–Crippen LogP) is 1.53. The minimum Gasteiger partial charge on any atom is -0.333 e. The lowest BCUT2D eigenvalue weighted by Crippen LogP contribution is -2.39. The molecule has 2 saturated heterocycles. The van der Waals surface area contributed by atoms with Gasteiger partial charge in [-0.2, -0.15) is 0 Å². The van der Waals surface area contributed by atoms with Crippen molar-refractivity contribution in [1.29, 1.82) is 0 Å². The highest BCUT2D eigenvalue weighted by Crippen LogP contribution is 2.32. The van der Waals surface area contributed by atoms with Gasteiger partial charge in [0.25, 0.3) is 0 Å². The highest BCUT2D eigenvalue weighted by atomic mass is 32.1. The van der Waals surface area contributed by atoms with Crippen LogP contribution in [0.15, 0.2) is 11.6 Å². The van der Waals surface area contributed by atoms with Gasteiger partial charge in [0.1, 0.15) is 5.01 Å². The molecule has 1 aromatic heterocycles. The molecule has 2 aliphatic heterocycles. The number of carbonyl (C=O) groups is 3. The molecule has 0 aromatic carbocycles. The number of nitrogens with one attached hydrogen (secondary N) is 1. The van der Waals surface area contributed by atoms with E-state index < -0.39 is 0 Å². The molecule has 2 aliphatic rings. The predicted molar refractivity (Wildman–Crippen MR) is 84.8 cm³/mol. The first-order valence-corrected chi connectivity index (χ1v) is 8.82. The van der Waals surface area contributed by atoms with Gasteiger partial charge in [-0.25, -0.2) is 9.78 Å². The summed E-state index contributed by atoms with van der Waals surface area (Å²) in [7, 11) is 0. The molecule has 23 heavy (non-hydrogen) atoms. The number of carbonyl (C=O) groups excluding carboxylic acids is 3. The van der Waals surface area contributed by atoms with Crippen LogP contribution in [-0.4, -0.2) is 52.3 Å². The average molecular weight is 336 g/mol. The van der Waals surface area contributed by atoms with Gasteiger partial charge in [-0.15, -0.1) is 11.3 Å². The van der Waals surface area contributed by atoms with Crippen molar-refractivity contribution >= 4 is 29.2 Å². The minimum absolute atomic E-state index is 0.0605. The Morgan fingerprint density at radius 1 is 1.39 bits per heavy atom. The Bertz CT molecular complexity index is 574. The van der Waals surface area contributed by atoms with E-state index in [-0.39, 0.29) is 30.4 Å². The van der Waals surface area contributed by atoms with E-state index in [4.69, 9.17) is 0 Å². The molecule has 1 aromatic rings. The van der Waals surface area contributed by atoms with Crippen molar-refractivity contribution in [3.05, 3.63) is 16.6 Å². The number of rotatable bonds is 5. The molecule has 7 nitrogen and oxygen atoms in total. The second kappa shape index (κ2) is 7.08. The molecule has 4 amide bonds. The summed E-state index contributed by atoms with van der Waals surface area (Å²) in [6.45, 7) is 1.11. The number of hydrogen-bond acceptors (Lipinski definition) is 5. The van der Waals surface area contributed by atoms with Crippen LogP contribution in [0.25, 0.3) is 0 Å². The molecule has 0 spiro atoms. The number of piperidine rings is 1. The van der Waals surface area contributed by atoms with E-state index in [1.54, 1.807) is 17.5 Å². The highest BCUT2D eigenvalue weighted by Gasteiger charge is 2.31. The van der Waals surface area contributed by atoms with Crippen LogP contribution in [0.5, 0.6) is 0 Å². The van der Waals surface area contributed by atoms with Gasteiger partial charge in [-0.3, -0.25) is 14.5 Å². The van der Waals surface area contributed by atoms with Crippen LogP contribution in [-0.2, 0) is 9.59 Å². The van der Waals surface area contributed by atoms with Gasteiger partial charge < -0.3 is 10.2 Å². The van der Waals surface area contributed by atoms with Crippen molar-refractivity contribution < 1.29 is 14.4 Å². The van der Waals surface area contributed by atoms with Crippen LogP contribution in [0.2, 0.25) is 0 Å². The lowest BCUT2D eigenvalue weighted by atomic mass is 10.0. The summed E-state index contributed by atoms with van der Waals surface area (Å²) in [6, 6.07) is -0.283. The summed E-state index contributed by atoms with van der Waals surface area (Å²) >= 11 is 1.58. The molecular weight excluding hydrogens is 316 g/mol. The van der Waals surface area contributed by atoms with E-state index in [0.717, 1.165) is 30.8 Å². The van der Waals surface area contributed by atoms with Crippen molar-refractivity contribution in [2.75, 3.05) is 19.6 Å². The van der Waals surface area contributed by atoms with Gasteiger partial charge >= 0.3 is 6.03 Å². The molecule has 3 rings (SSSR count). The number of hydrogen-bond donors (Lipinski definition) is 1. The Hall–Kier alpha value is -1.96. The standard InChI is InChI=1S/C15H20N4O3S/c20-12(5-3-8-19-13(21)10-17-15(19)22)18-7-2-1-4-11(18)14-16-6-9-23-14/h6,9,11H,1-5,7-8,10H2,(H,17,22). The molecule has 3 heterocycles. The molecule has 0 saturated carbocycles. The zero-order valence-corrected chi connectivity index (χ0v) is 13.7. The molecule has 0 radical (unpaired) electrons. The van der Waals surface area contributed by atoms with Crippen molar-refractivity contribution in [2.45, 2.75) is 38.1 Å².